The van der Waals surface area contributed by atoms with Gasteiger partial charge < -0.3 is 0 Å². The summed E-state index contributed by atoms with van der Waals surface area (Å²) in [6.45, 7) is 95.3. The van der Waals surface area contributed by atoms with E-state index in [-0.39, 0.29) is 68.1 Å². The Hall–Kier alpha value is -1.05. The Morgan fingerprint density at radius 2 is 0.485 bits per heavy atom. The summed E-state index contributed by atoms with van der Waals surface area (Å²) in [6.07, 6.45) is -8.41. The lowest BCUT2D eigenvalue weighted by molar-refractivity contribution is -0.240. The molecule has 0 N–H and O–H groups in total. The molecular weight excluding hydrogens is 1340 g/mol. The van der Waals surface area contributed by atoms with E-state index in [0.717, 1.165) is 11.8 Å². The standard InChI is InChI=1S/C11H21F3.C10H19F3.C10H22.C9H20.2C8H15F3.C7H13F3.2C7H16.C6H14.C5H12/c1-7(2)9(8(3)4)10(5,6)11(12,13)14;1-5-8(6-2)9(4,7-3)10(11,12)13;1-7-10(6,8-2)9(3,4)5;1-6-8(7-2)9(3,4)5;1-5-7(4,6(2)3)8(9,10)11;1-4-6-7(3,5-2)8(9,10)11;1-4-6(3,5-2)7(8,9)10;1-6(2)7(3,4)5;1-5-6-7(2,3)4;1-5-6(2,3)4;1-5(2,3)4/h7-9H,1-6H3;8H,5-7H2,1-4H3;7-8H2,1-6H3;8H,6-7H2,1-5H3;6H,5H2,1-4H3;4-6H2,1-3H3;4-5H2,1-3H3;6H,1-5H3;5-6H2,1-4H3;5H2,1-4H3;1-4H3. The molecular formula is C88H183F15. The summed E-state index contributed by atoms with van der Waals surface area (Å²) in [4.78, 5) is 0. The molecule has 15 heteroatoms. The van der Waals surface area contributed by atoms with Crippen molar-refractivity contribution in [3.8, 4) is 0 Å². The van der Waals surface area contributed by atoms with E-state index < -0.39 is 58.0 Å². The van der Waals surface area contributed by atoms with Gasteiger partial charge in [-0.05, 0) is 124 Å². The molecule has 0 saturated heterocycles. The van der Waals surface area contributed by atoms with Gasteiger partial charge in [0, 0.05) is 0 Å². The van der Waals surface area contributed by atoms with Crippen molar-refractivity contribution < 1.29 is 65.9 Å². The molecule has 0 radical (unpaired) electrons. The molecule has 0 aromatic rings. The van der Waals surface area contributed by atoms with E-state index in [1.165, 1.54) is 86.5 Å². The predicted octanol–water partition coefficient (Wildman–Crippen LogP) is 37.0. The Bertz CT molecular complexity index is 1860. The third kappa shape index (κ3) is 57.6. The van der Waals surface area contributed by atoms with E-state index in [1.54, 1.807) is 55.4 Å². The number of alkyl halides is 15. The van der Waals surface area contributed by atoms with Crippen molar-refractivity contribution in [1.82, 2.24) is 0 Å². The first-order valence-corrected chi connectivity index (χ1v) is 40.1. The van der Waals surface area contributed by atoms with E-state index in [9.17, 15) is 65.9 Å². The minimum Gasteiger partial charge on any atom is -0.171 e. The molecule has 0 aromatic heterocycles. The molecule has 0 aromatic carbocycles. The van der Waals surface area contributed by atoms with Crippen molar-refractivity contribution >= 4 is 0 Å². The smallest absolute Gasteiger partial charge is 0.171 e. The van der Waals surface area contributed by atoms with Crippen LogP contribution in [-0.4, -0.2) is 30.9 Å². The number of hydrogen-bond acceptors (Lipinski definition) is 0. The van der Waals surface area contributed by atoms with Gasteiger partial charge in [-0.3, -0.25) is 0 Å². The van der Waals surface area contributed by atoms with Crippen molar-refractivity contribution in [2.75, 3.05) is 0 Å². The highest BCUT2D eigenvalue weighted by atomic mass is 19.4. The first-order valence-electron chi connectivity index (χ1n) is 40.1. The van der Waals surface area contributed by atoms with Crippen molar-refractivity contribution in [3.05, 3.63) is 0 Å². The van der Waals surface area contributed by atoms with E-state index in [1.807, 2.05) is 41.5 Å². The maximum atomic E-state index is 12.8. The average molecular weight is 1530 g/mol. The van der Waals surface area contributed by atoms with Gasteiger partial charge in [0.15, 0.2) is 0 Å². The number of halogens is 15. The molecule has 0 nitrogen and oxygen atoms in total. The van der Waals surface area contributed by atoms with Gasteiger partial charge in [-0.1, -0.05) is 390 Å². The monoisotopic (exact) mass is 1530 g/mol. The number of hydrogen-bond donors (Lipinski definition) is 0. The van der Waals surface area contributed by atoms with E-state index in [0.29, 0.717) is 57.2 Å². The summed E-state index contributed by atoms with van der Waals surface area (Å²) in [5.41, 5.74) is -3.99. The Kier molecular flexibility index (Phi) is 64.6. The fraction of sp³-hybridized carbons (Fsp3) is 1.00. The molecule has 0 aliphatic heterocycles. The maximum absolute atomic E-state index is 12.8. The van der Waals surface area contributed by atoms with Crippen LogP contribution in [-0.2, 0) is 0 Å². The van der Waals surface area contributed by atoms with Crippen molar-refractivity contribution in [1.29, 1.82) is 0 Å². The lowest BCUT2D eigenvalue weighted by Crippen LogP contribution is -2.43. The first-order chi connectivity index (χ1) is 44.8. The van der Waals surface area contributed by atoms with Crippen molar-refractivity contribution in [3.63, 3.8) is 0 Å². The van der Waals surface area contributed by atoms with Gasteiger partial charge in [-0.25, -0.2) is 0 Å². The third-order valence-corrected chi connectivity index (χ3v) is 22.8. The molecule has 103 heavy (non-hydrogen) atoms. The van der Waals surface area contributed by atoms with Crippen molar-refractivity contribution in [2.24, 2.45) is 106 Å². The molecule has 0 aliphatic carbocycles. The molecule has 0 aliphatic rings. The zero-order chi connectivity index (χ0) is 86.9. The van der Waals surface area contributed by atoms with Gasteiger partial charge in [0.05, 0.1) is 27.1 Å². The van der Waals surface area contributed by atoms with Crippen LogP contribution in [0.15, 0.2) is 0 Å². The second kappa shape index (κ2) is 53.0. The van der Waals surface area contributed by atoms with Gasteiger partial charge in [-0.15, -0.1) is 0 Å². The Morgan fingerprint density at radius 1 is 0.243 bits per heavy atom. The summed E-state index contributed by atoms with van der Waals surface area (Å²) in [5.74, 6) is 0.857. The molecule has 0 amide bonds. The lowest BCUT2D eigenvalue weighted by Gasteiger charge is -2.41. The Labute approximate surface area is 635 Å². The normalized spacial score (nSPS) is 14.9. The maximum Gasteiger partial charge on any atom is 0.394 e. The van der Waals surface area contributed by atoms with Crippen LogP contribution in [0, 0.1) is 106 Å². The summed E-state index contributed by atoms with van der Waals surface area (Å²) in [5, 5.41) is 0. The van der Waals surface area contributed by atoms with Crippen LogP contribution >= 0.6 is 0 Å². The lowest BCUT2D eigenvalue weighted by atomic mass is 9.65. The molecule has 0 saturated carbocycles. The van der Waals surface area contributed by atoms with Crippen LogP contribution in [0.1, 0.15) is 435 Å². The highest BCUT2D eigenvalue weighted by Gasteiger charge is 2.55. The fourth-order valence-electron chi connectivity index (χ4n) is 10.8. The fourth-order valence-corrected chi connectivity index (χ4v) is 10.8. The van der Waals surface area contributed by atoms with Gasteiger partial charge in [0.1, 0.15) is 0 Å². The molecule has 3 atom stereocenters. The SMILES string of the molecule is CC(C)(C)C.CC(C)C(C(C)C)C(C)(C)C(F)(F)F.CC(C)C(C)(C)C.CCC(C)(C(C)C)C(F)(F)F.CCC(C)(C)C.CCC(C)(CC)C(C)(C)C.CCC(C)(CC)C(F)(F)F.CCC(CC)C(C)(C)C.CCC(CC)C(C)(CC)C(F)(F)F.CCCC(C)(C)C.CCCC(C)(CC)C(F)(F)F. The molecule has 0 fully saturated rings. The second-order valence-corrected chi connectivity index (χ2v) is 39.5. The first kappa shape index (κ1) is 126. The van der Waals surface area contributed by atoms with E-state index in [2.05, 4.69) is 194 Å². The topological polar surface area (TPSA) is 0 Å². The van der Waals surface area contributed by atoms with Crippen molar-refractivity contribution in [2.45, 2.75) is 466 Å². The summed E-state index contributed by atoms with van der Waals surface area (Å²) in [7, 11) is 0. The van der Waals surface area contributed by atoms with Gasteiger partial charge in [-0.2, -0.15) is 65.9 Å². The summed E-state index contributed by atoms with van der Waals surface area (Å²) >= 11 is 0. The molecule has 3 unspecified atom stereocenters. The minimum atomic E-state index is -4.12. The molecule has 640 valence electrons. The van der Waals surface area contributed by atoms with Crippen LogP contribution in [0.3, 0.4) is 0 Å². The quantitative estimate of drug-likeness (QED) is 0.113. The minimum absolute atomic E-state index is 0.0478. The molecule has 0 rings (SSSR count). The van der Waals surface area contributed by atoms with Crippen LogP contribution in [0.5, 0.6) is 0 Å². The zero-order valence-electron chi connectivity index (χ0n) is 77.5. The van der Waals surface area contributed by atoms with Crippen LogP contribution in [0.25, 0.3) is 0 Å². The zero-order valence-corrected chi connectivity index (χ0v) is 77.5. The molecule has 0 spiro atoms. The van der Waals surface area contributed by atoms with Crippen LogP contribution < -0.4 is 0 Å². The third-order valence-electron chi connectivity index (χ3n) is 22.8. The highest BCUT2D eigenvalue weighted by molar-refractivity contribution is 4.90. The average Bonchev–Trinajstić information content (AvgIpc) is 0.808. The molecule has 0 bridgehead atoms. The van der Waals surface area contributed by atoms with Crippen LogP contribution in [0.2, 0.25) is 0 Å². The molecule has 0 heterocycles. The Balaban J connectivity index is -0.000000101. The largest absolute Gasteiger partial charge is 0.394 e. The van der Waals surface area contributed by atoms with Gasteiger partial charge in [0.2, 0.25) is 0 Å². The van der Waals surface area contributed by atoms with Gasteiger partial charge in [0.25, 0.3) is 0 Å². The van der Waals surface area contributed by atoms with Crippen LogP contribution in [0.4, 0.5) is 65.9 Å². The van der Waals surface area contributed by atoms with Gasteiger partial charge >= 0.3 is 30.9 Å². The predicted molar refractivity (Wildman–Crippen MR) is 430 cm³/mol. The second-order valence-electron chi connectivity index (χ2n) is 39.5. The summed E-state index contributed by atoms with van der Waals surface area (Å²) in [6, 6.07) is 0. The highest BCUT2D eigenvalue weighted by Crippen LogP contribution is 2.52. The van der Waals surface area contributed by atoms with E-state index >= 15 is 0 Å². The summed E-state index contributed by atoms with van der Waals surface area (Å²) < 4.78 is 187. The Morgan fingerprint density at radius 3 is 0.515 bits per heavy atom. The van der Waals surface area contributed by atoms with E-state index in [4.69, 9.17) is 0 Å². The number of rotatable bonds is 19.